The largest absolute Gasteiger partial charge is 0.394 e. The molecule has 1 fully saturated rings. The quantitative estimate of drug-likeness (QED) is 0.410. The molecule has 1 atom stereocenters. The van der Waals surface area contributed by atoms with Crippen molar-refractivity contribution in [3.05, 3.63) is 22.2 Å². The highest BCUT2D eigenvalue weighted by Gasteiger charge is 2.36. The fourth-order valence-corrected chi connectivity index (χ4v) is 2.45. The third kappa shape index (κ3) is 3.38. The molecular formula is C12H19N5O4. The second-order valence-corrected chi connectivity index (χ2v) is 5.50. The molecule has 0 spiro atoms. The lowest BCUT2D eigenvalue weighted by atomic mass is 10.1. The van der Waals surface area contributed by atoms with E-state index in [1.54, 1.807) is 4.90 Å². The number of hydrogen-bond donors (Lipinski definition) is 3. The number of aliphatic hydroxyl groups is 1. The molecule has 116 valence electrons. The second-order valence-electron chi connectivity index (χ2n) is 5.50. The van der Waals surface area contributed by atoms with Gasteiger partial charge in [0.25, 0.3) is 0 Å². The molecule has 1 aromatic rings. The van der Waals surface area contributed by atoms with Gasteiger partial charge >= 0.3 is 5.69 Å². The van der Waals surface area contributed by atoms with Gasteiger partial charge in [-0.25, -0.2) is 10.8 Å². The summed E-state index contributed by atoms with van der Waals surface area (Å²) in [5.41, 5.74) is 1.72. The highest BCUT2D eigenvalue weighted by molar-refractivity contribution is 5.62. The van der Waals surface area contributed by atoms with E-state index in [9.17, 15) is 15.2 Å². The first-order valence-corrected chi connectivity index (χ1v) is 6.52. The maximum atomic E-state index is 11.2. The van der Waals surface area contributed by atoms with Gasteiger partial charge in [0.15, 0.2) is 0 Å². The number of nitrogens with zero attached hydrogens (tertiary/aromatic N) is 3. The number of nitrogens with two attached hydrogens (primary N) is 1. The molecule has 1 aliphatic rings. The predicted octanol–water partition coefficient (Wildman–Crippen LogP) is 0.251. The average molecular weight is 297 g/mol. The van der Waals surface area contributed by atoms with E-state index in [1.165, 1.54) is 12.1 Å². The number of pyridine rings is 1. The van der Waals surface area contributed by atoms with Crippen LogP contribution in [0.2, 0.25) is 0 Å². The summed E-state index contributed by atoms with van der Waals surface area (Å²) in [5.74, 6) is 5.86. The van der Waals surface area contributed by atoms with E-state index >= 15 is 0 Å². The Morgan fingerprint density at radius 2 is 2.38 bits per heavy atom. The lowest BCUT2D eigenvalue weighted by molar-refractivity contribution is -0.384. The topological polar surface area (TPSA) is 127 Å². The Hall–Kier alpha value is -1.97. The zero-order valence-corrected chi connectivity index (χ0v) is 11.9. The van der Waals surface area contributed by atoms with Crippen LogP contribution in [0.15, 0.2) is 12.1 Å². The Morgan fingerprint density at radius 3 is 2.95 bits per heavy atom. The molecule has 1 unspecified atom stereocenters. The third-order valence-corrected chi connectivity index (χ3v) is 3.18. The van der Waals surface area contributed by atoms with Crippen LogP contribution in [-0.2, 0) is 4.74 Å². The molecule has 4 N–H and O–H groups in total. The van der Waals surface area contributed by atoms with Crippen LogP contribution in [0.25, 0.3) is 0 Å². The zero-order valence-electron chi connectivity index (χ0n) is 11.9. The standard InChI is InChI=1S/C12H19N5O4/c1-12(2)7-16(5-8(6-18)21-12)11-9(17(19)20)3-4-10(14-11)15-13/h3-4,8,18H,5-7,13H2,1-2H3,(H,14,15). The fourth-order valence-electron chi connectivity index (χ4n) is 2.45. The molecule has 0 bridgehead atoms. The van der Waals surface area contributed by atoms with Crippen molar-refractivity contribution in [2.24, 2.45) is 5.84 Å². The summed E-state index contributed by atoms with van der Waals surface area (Å²) in [6, 6.07) is 2.80. The van der Waals surface area contributed by atoms with Crippen LogP contribution in [-0.4, -0.2) is 46.4 Å². The van der Waals surface area contributed by atoms with Crippen molar-refractivity contribution >= 4 is 17.3 Å². The van der Waals surface area contributed by atoms with Crippen molar-refractivity contribution in [1.29, 1.82) is 0 Å². The van der Waals surface area contributed by atoms with Gasteiger partial charge in [0.05, 0.1) is 23.2 Å². The summed E-state index contributed by atoms with van der Waals surface area (Å²) < 4.78 is 5.70. The third-order valence-electron chi connectivity index (χ3n) is 3.18. The van der Waals surface area contributed by atoms with Crippen molar-refractivity contribution < 1.29 is 14.8 Å². The van der Waals surface area contributed by atoms with Gasteiger partial charge in [-0.3, -0.25) is 10.1 Å². The van der Waals surface area contributed by atoms with Crippen molar-refractivity contribution in [2.75, 3.05) is 30.0 Å². The Kier molecular flexibility index (Phi) is 4.26. The summed E-state index contributed by atoms with van der Waals surface area (Å²) in [6.45, 7) is 4.30. The second kappa shape index (κ2) is 5.80. The zero-order chi connectivity index (χ0) is 15.6. The van der Waals surface area contributed by atoms with Crippen molar-refractivity contribution in [1.82, 2.24) is 4.98 Å². The highest BCUT2D eigenvalue weighted by Crippen LogP contribution is 2.32. The minimum absolute atomic E-state index is 0.108. The molecule has 21 heavy (non-hydrogen) atoms. The lowest BCUT2D eigenvalue weighted by Gasteiger charge is -2.42. The van der Waals surface area contributed by atoms with Gasteiger partial charge in [-0.2, -0.15) is 0 Å². The molecule has 0 aliphatic carbocycles. The number of nitrogen functional groups attached to an aromatic ring is 1. The minimum atomic E-state index is -0.548. The summed E-state index contributed by atoms with van der Waals surface area (Å²) in [5, 5.41) is 20.5. The molecule has 0 radical (unpaired) electrons. The van der Waals surface area contributed by atoms with Gasteiger partial charge in [-0.15, -0.1) is 0 Å². The van der Waals surface area contributed by atoms with Crippen LogP contribution in [0, 0.1) is 10.1 Å². The van der Waals surface area contributed by atoms with E-state index in [1.807, 2.05) is 13.8 Å². The first kappa shape index (κ1) is 15.4. The SMILES string of the molecule is CC1(C)CN(c2nc(NN)ccc2[N+](=O)[O-])CC(CO)O1. The summed E-state index contributed by atoms with van der Waals surface area (Å²) >= 11 is 0. The molecule has 1 aliphatic heterocycles. The van der Waals surface area contributed by atoms with Gasteiger partial charge < -0.3 is 20.2 Å². The molecular weight excluding hydrogens is 278 g/mol. The van der Waals surface area contributed by atoms with Gasteiger partial charge in [-0.05, 0) is 19.9 Å². The van der Waals surface area contributed by atoms with Crippen LogP contribution >= 0.6 is 0 Å². The molecule has 2 heterocycles. The van der Waals surface area contributed by atoms with Crippen LogP contribution in [0.1, 0.15) is 13.8 Å². The molecule has 0 saturated carbocycles. The van der Waals surface area contributed by atoms with Gasteiger partial charge in [0.1, 0.15) is 5.82 Å². The van der Waals surface area contributed by atoms with E-state index in [2.05, 4.69) is 10.4 Å². The number of morpholine rings is 1. The van der Waals surface area contributed by atoms with Crippen molar-refractivity contribution in [3.8, 4) is 0 Å². The molecule has 0 aromatic carbocycles. The molecule has 2 rings (SSSR count). The summed E-state index contributed by atoms with van der Waals surface area (Å²) in [7, 11) is 0. The minimum Gasteiger partial charge on any atom is -0.394 e. The first-order chi connectivity index (χ1) is 9.86. The number of nitrogens with one attached hydrogen (secondary N) is 1. The van der Waals surface area contributed by atoms with E-state index in [4.69, 9.17) is 10.6 Å². The Morgan fingerprint density at radius 1 is 1.67 bits per heavy atom. The number of rotatable bonds is 4. The maximum Gasteiger partial charge on any atom is 0.311 e. The number of hydrazine groups is 1. The summed E-state index contributed by atoms with van der Waals surface area (Å²) in [6.07, 6.45) is -0.426. The average Bonchev–Trinajstić information content (AvgIpc) is 2.44. The van der Waals surface area contributed by atoms with Gasteiger partial charge in [0.2, 0.25) is 5.82 Å². The van der Waals surface area contributed by atoms with Crippen LogP contribution < -0.4 is 16.2 Å². The van der Waals surface area contributed by atoms with Crippen molar-refractivity contribution in [3.63, 3.8) is 0 Å². The summed E-state index contributed by atoms with van der Waals surface area (Å²) in [4.78, 5) is 16.6. The van der Waals surface area contributed by atoms with Gasteiger partial charge in [0, 0.05) is 19.2 Å². The fraction of sp³-hybridized carbons (Fsp3) is 0.583. The van der Waals surface area contributed by atoms with Crippen LogP contribution in [0.3, 0.4) is 0 Å². The Bertz CT molecular complexity index is 536. The van der Waals surface area contributed by atoms with E-state index in [-0.39, 0.29) is 18.1 Å². The van der Waals surface area contributed by atoms with E-state index in [0.717, 1.165) is 0 Å². The normalized spacial score (nSPS) is 21.1. The number of aromatic nitrogens is 1. The lowest BCUT2D eigenvalue weighted by Crippen LogP contribution is -2.54. The Labute approximate surface area is 121 Å². The van der Waals surface area contributed by atoms with Crippen LogP contribution in [0.4, 0.5) is 17.3 Å². The van der Waals surface area contributed by atoms with E-state index in [0.29, 0.717) is 18.9 Å². The van der Waals surface area contributed by atoms with Gasteiger partial charge in [-0.1, -0.05) is 0 Å². The highest BCUT2D eigenvalue weighted by atomic mass is 16.6. The van der Waals surface area contributed by atoms with Crippen molar-refractivity contribution in [2.45, 2.75) is 25.6 Å². The number of anilines is 2. The molecule has 0 amide bonds. The maximum absolute atomic E-state index is 11.2. The van der Waals surface area contributed by atoms with Crippen LogP contribution in [0.5, 0.6) is 0 Å². The number of nitro groups is 1. The number of aliphatic hydroxyl groups excluding tert-OH is 1. The number of ether oxygens (including phenoxy) is 1. The molecule has 9 nitrogen and oxygen atoms in total. The Balaban J connectivity index is 2.41. The smallest absolute Gasteiger partial charge is 0.311 e. The molecule has 1 saturated heterocycles. The predicted molar refractivity (Wildman–Crippen MR) is 77.0 cm³/mol. The molecule has 9 heteroatoms. The number of hydrogen-bond acceptors (Lipinski definition) is 8. The van der Waals surface area contributed by atoms with E-state index < -0.39 is 16.6 Å². The first-order valence-electron chi connectivity index (χ1n) is 6.52. The molecule has 1 aromatic heterocycles. The monoisotopic (exact) mass is 297 g/mol.